The molecule has 22 heavy (non-hydrogen) atoms. The molecule has 0 fully saturated rings. The van der Waals surface area contributed by atoms with Crippen LogP contribution in [-0.4, -0.2) is 40.5 Å². The average molecular weight is 303 g/mol. The normalized spacial score (nSPS) is 10.7. The van der Waals surface area contributed by atoms with Crippen LogP contribution in [0.1, 0.15) is 40.4 Å². The van der Waals surface area contributed by atoms with Gasteiger partial charge in [0.15, 0.2) is 12.0 Å². The number of benzene rings is 1. The zero-order valence-electron chi connectivity index (χ0n) is 12.6. The highest BCUT2D eigenvalue weighted by Gasteiger charge is 2.15. The van der Waals surface area contributed by atoms with E-state index in [1.54, 1.807) is 38.1 Å². The summed E-state index contributed by atoms with van der Waals surface area (Å²) in [5.74, 6) is -0.416. The molecule has 0 bridgehead atoms. The minimum absolute atomic E-state index is 0.182. The van der Waals surface area contributed by atoms with Crippen molar-refractivity contribution in [2.45, 2.75) is 26.6 Å². The molecule has 0 radical (unpaired) electrons. The van der Waals surface area contributed by atoms with Crippen LogP contribution in [0, 0.1) is 0 Å². The Bertz CT molecular complexity index is 679. The van der Waals surface area contributed by atoms with Crippen molar-refractivity contribution < 1.29 is 19.1 Å². The quantitative estimate of drug-likeness (QED) is 0.597. The van der Waals surface area contributed by atoms with Gasteiger partial charge in [-0.3, -0.25) is 4.79 Å². The smallest absolute Gasteiger partial charge is 0.338 e. The molecule has 0 saturated heterocycles. The maximum atomic E-state index is 12.0. The highest BCUT2D eigenvalue weighted by atomic mass is 16.5. The first-order valence-corrected chi connectivity index (χ1v) is 6.77. The number of rotatable bonds is 6. The standard InChI is InChI=1S/C15H17N3O4/c1-10(2)22-15(20)11-5-4-6-12(7-11)18-14(9-21-3)13(8-19)16-17-18/h4-8,10H,9H2,1-3H3. The van der Waals surface area contributed by atoms with Crippen molar-refractivity contribution in [1.29, 1.82) is 0 Å². The van der Waals surface area contributed by atoms with Gasteiger partial charge in [0, 0.05) is 7.11 Å². The Morgan fingerprint density at radius 1 is 1.41 bits per heavy atom. The first-order valence-electron chi connectivity index (χ1n) is 6.77. The minimum atomic E-state index is -0.416. The van der Waals surface area contributed by atoms with Gasteiger partial charge < -0.3 is 9.47 Å². The van der Waals surface area contributed by atoms with Crippen LogP contribution in [0.2, 0.25) is 0 Å². The zero-order chi connectivity index (χ0) is 16.1. The number of carbonyl (C=O) groups is 2. The van der Waals surface area contributed by atoms with E-state index < -0.39 is 5.97 Å². The second-order valence-electron chi connectivity index (χ2n) is 4.89. The van der Waals surface area contributed by atoms with E-state index >= 15 is 0 Å². The number of esters is 1. The summed E-state index contributed by atoms with van der Waals surface area (Å²) >= 11 is 0. The molecule has 0 saturated carbocycles. The van der Waals surface area contributed by atoms with Crippen LogP contribution in [0.5, 0.6) is 0 Å². The summed E-state index contributed by atoms with van der Waals surface area (Å²) in [6.45, 7) is 3.75. The maximum absolute atomic E-state index is 12.0. The molecule has 1 aromatic carbocycles. The van der Waals surface area contributed by atoms with Crippen molar-refractivity contribution in [3.05, 3.63) is 41.2 Å². The molecular weight excluding hydrogens is 286 g/mol. The van der Waals surface area contributed by atoms with Crippen LogP contribution in [0.25, 0.3) is 5.69 Å². The number of nitrogens with zero attached hydrogens (tertiary/aromatic N) is 3. The lowest BCUT2D eigenvalue weighted by atomic mass is 10.2. The number of ether oxygens (including phenoxy) is 2. The van der Waals surface area contributed by atoms with Gasteiger partial charge in [0.1, 0.15) is 5.69 Å². The number of hydrogen-bond donors (Lipinski definition) is 0. The second-order valence-corrected chi connectivity index (χ2v) is 4.89. The molecule has 0 unspecified atom stereocenters. The van der Waals surface area contributed by atoms with E-state index in [-0.39, 0.29) is 18.4 Å². The lowest BCUT2D eigenvalue weighted by Crippen LogP contribution is -2.12. The molecule has 0 amide bonds. The fraction of sp³-hybridized carbons (Fsp3) is 0.333. The number of methoxy groups -OCH3 is 1. The summed E-state index contributed by atoms with van der Waals surface area (Å²) in [7, 11) is 1.52. The molecule has 2 rings (SSSR count). The molecule has 1 aromatic heterocycles. The SMILES string of the molecule is COCc1c(C=O)nnn1-c1cccc(C(=O)OC(C)C)c1. The van der Waals surface area contributed by atoms with Gasteiger partial charge in [0.05, 0.1) is 24.0 Å². The Kier molecular flexibility index (Phi) is 5.00. The Labute approximate surface area is 127 Å². The first kappa shape index (κ1) is 15.8. The highest BCUT2D eigenvalue weighted by Crippen LogP contribution is 2.16. The average Bonchev–Trinajstić information content (AvgIpc) is 2.90. The third-order valence-corrected chi connectivity index (χ3v) is 2.86. The lowest BCUT2D eigenvalue weighted by Gasteiger charge is -2.10. The molecule has 7 heteroatoms. The molecule has 0 aliphatic rings. The minimum Gasteiger partial charge on any atom is -0.459 e. The fourth-order valence-electron chi connectivity index (χ4n) is 1.93. The van der Waals surface area contributed by atoms with Crippen molar-refractivity contribution in [3.8, 4) is 5.69 Å². The van der Waals surface area contributed by atoms with E-state index in [9.17, 15) is 9.59 Å². The molecule has 0 N–H and O–H groups in total. The van der Waals surface area contributed by atoms with Gasteiger partial charge in [-0.25, -0.2) is 9.48 Å². The highest BCUT2D eigenvalue weighted by molar-refractivity contribution is 5.90. The van der Waals surface area contributed by atoms with Crippen LogP contribution in [0.3, 0.4) is 0 Å². The summed E-state index contributed by atoms with van der Waals surface area (Å²) in [5, 5.41) is 7.74. The van der Waals surface area contributed by atoms with Crippen molar-refractivity contribution in [1.82, 2.24) is 15.0 Å². The van der Waals surface area contributed by atoms with Crippen LogP contribution in [0.15, 0.2) is 24.3 Å². The predicted octanol–water partition coefficient (Wildman–Crippen LogP) is 1.79. The summed E-state index contributed by atoms with van der Waals surface area (Å²) in [5.41, 5.74) is 1.73. The van der Waals surface area contributed by atoms with E-state index in [0.29, 0.717) is 23.2 Å². The van der Waals surface area contributed by atoms with Gasteiger partial charge in [-0.1, -0.05) is 11.3 Å². The van der Waals surface area contributed by atoms with Gasteiger partial charge in [-0.05, 0) is 32.0 Å². The third-order valence-electron chi connectivity index (χ3n) is 2.86. The van der Waals surface area contributed by atoms with E-state index in [0.717, 1.165) is 0 Å². The topological polar surface area (TPSA) is 83.3 Å². The van der Waals surface area contributed by atoms with E-state index in [2.05, 4.69) is 10.3 Å². The van der Waals surface area contributed by atoms with Crippen molar-refractivity contribution in [2.75, 3.05) is 7.11 Å². The lowest BCUT2D eigenvalue weighted by molar-refractivity contribution is 0.0378. The molecule has 0 spiro atoms. The number of aldehydes is 1. The van der Waals surface area contributed by atoms with Crippen molar-refractivity contribution in [3.63, 3.8) is 0 Å². The third kappa shape index (κ3) is 3.37. The van der Waals surface area contributed by atoms with Crippen LogP contribution in [0.4, 0.5) is 0 Å². The Morgan fingerprint density at radius 3 is 2.82 bits per heavy atom. The van der Waals surface area contributed by atoms with E-state index in [1.807, 2.05) is 0 Å². The zero-order valence-corrected chi connectivity index (χ0v) is 12.6. The number of hydrogen-bond acceptors (Lipinski definition) is 6. The van der Waals surface area contributed by atoms with Gasteiger partial charge in [-0.15, -0.1) is 5.10 Å². The monoisotopic (exact) mass is 303 g/mol. The summed E-state index contributed by atoms with van der Waals surface area (Å²) in [4.78, 5) is 23.0. The van der Waals surface area contributed by atoms with Gasteiger partial charge in [0.2, 0.25) is 0 Å². The predicted molar refractivity (Wildman–Crippen MR) is 78.0 cm³/mol. The Morgan fingerprint density at radius 2 is 2.18 bits per heavy atom. The van der Waals surface area contributed by atoms with Crippen LogP contribution >= 0.6 is 0 Å². The summed E-state index contributed by atoms with van der Waals surface area (Å²) < 4.78 is 11.7. The largest absolute Gasteiger partial charge is 0.459 e. The Balaban J connectivity index is 2.39. The fourth-order valence-corrected chi connectivity index (χ4v) is 1.93. The molecule has 1 heterocycles. The van der Waals surface area contributed by atoms with Gasteiger partial charge in [-0.2, -0.15) is 0 Å². The number of carbonyl (C=O) groups excluding carboxylic acids is 2. The molecule has 0 aliphatic carbocycles. The van der Waals surface area contributed by atoms with Gasteiger partial charge >= 0.3 is 5.97 Å². The van der Waals surface area contributed by atoms with Crippen molar-refractivity contribution in [2.24, 2.45) is 0 Å². The van der Waals surface area contributed by atoms with Crippen molar-refractivity contribution >= 4 is 12.3 Å². The Hall–Kier alpha value is -2.54. The maximum Gasteiger partial charge on any atom is 0.338 e. The molecule has 2 aromatic rings. The number of aromatic nitrogens is 3. The summed E-state index contributed by atoms with van der Waals surface area (Å²) in [6.07, 6.45) is 0.419. The molecular formula is C15H17N3O4. The van der Waals surface area contributed by atoms with Crippen LogP contribution < -0.4 is 0 Å². The molecule has 0 aliphatic heterocycles. The van der Waals surface area contributed by atoms with Crippen LogP contribution in [-0.2, 0) is 16.1 Å². The molecule has 7 nitrogen and oxygen atoms in total. The van der Waals surface area contributed by atoms with E-state index in [1.165, 1.54) is 11.8 Å². The first-order chi connectivity index (χ1) is 10.6. The van der Waals surface area contributed by atoms with E-state index in [4.69, 9.17) is 9.47 Å². The second kappa shape index (κ2) is 6.95. The van der Waals surface area contributed by atoms with Gasteiger partial charge in [0.25, 0.3) is 0 Å². The summed E-state index contributed by atoms with van der Waals surface area (Å²) in [6, 6.07) is 6.76. The molecule has 0 atom stereocenters. The molecule has 116 valence electrons.